The number of nitrogens with zero attached hydrogens (tertiary/aromatic N) is 2. The standard InChI is InChI=1S/C19H28Cl2N4O/c1-2-22-19(26)23-15-12-14(13-15)6-7-24-8-10-25(11-9-24)17-5-3-4-16(20)18(17)21/h3-5,14-15H,2,6-13H2,1H3,(H2,22,23,26)/t14-,15+. The van der Waals surface area contributed by atoms with Crippen molar-refractivity contribution in [2.75, 3.05) is 44.2 Å². The zero-order valence-corrected chi connectivity index (χ0v) is 16.8. The first-order valence-electron chi connectivity index (χ1n) is 9.52. The van der Waals surface area contributed by atoms with Gasteiger partial charge in [-0.25, -0.2) is 4.79 Å². The molecule has 1 saturated heterocycles. The van der Waals surface area contributed by atoms with Gasteiger partial charge in [0.25, 0.3) is 0 Å². The van der Waals surface area contributed by atoms with Crippen LogP contribution in [0, 0.1) is 5.92 Å². The number of hydrogen-bond acceptors (Lipinski definition) is 3. The van der Waals surface area contributed by atoms with E-state index in [2.05, 4.69) is 20.4 Å². The van der Waals surface area contributed by atoms with Crippen LogP contribution >= 0.6 is 23.2 Å². The summed E-state index contributed by atoms with van der Waals surface area (Å²) in [6.07, 6.45) is 3.43. The summed E-state index contributed by atoms with van der Waals surface area (Å²) in [5.41, 5.74) is 1.04. The number of carbonyl (C=O) groups is 1. The second-order valence-corrected chi connectivity index (χ2v) is 8.01. The molecule has 0 aromatic heterocycles. The molecule has 144 valence electrons. The Morgan fingerprint density at radius 1 is 1.19 bits per heavy atom. The van der Waals surface area contributed by atoms with Gasteiger partial charge in [-0.05, 0) is 50.8 Å². The van der Waals surface area contributed by atoms with Crippen LogP contribution in [0.4, 0.5) is 10.5 Å². The molecule has 5 nitrogen and oxygen atoms in total. The van der Waals surface area contributed by atoms with E-state index in [1.54, 1.807) is 0 Å². The van der Waals surface area contributed by atoms with E-state index in [-0.39, 0.29) is 6.03 Å². The molecule has 2 amide bonds. The highest BCUT2D eigenvalue weighted by Crippen LogP contribution is 2.33. The number of carbonyl (C=O) groups excluding carboxylic acids is 1. The van der Waals surface area contributed by atoms with Gasteiger partial charge in [-0.15, -0.1) is 0 Å². The van der Waals surface area contributed by atoms with E-state index < -0.39 is 0 Å². The van der Waals surface area contributed by atoms with E-state index in [1.165, 1.54) is 6.42 Å². The monoisotopic (exact) mass is 398 g/mol. The molecule has 1 aromatic rings. The SMILES string of the molecule is CCNC(=O)N[C@H]1C[C@@H](CCN2CCN(c3cccc(Cl)c3Cl)CC2)C1. The number of amides is 2. The summed E-state index contributed by atoms with van der Waals surface area (Å²) < 4.78 is 0. The summed E-state index contributed by atoms with van der Waals surface area (Å²) in [6, 6.07) is 6.15. The highest BCUT2D eigenvalue weighted by Gasteiger charge is 2.30. The van der Waals surface area contributed by atoms with Crippen molar-refractivity contribution in [3.05, 3.63) is 28.2 Å². The molecule has 0 spiro atoms. The first-order chi connectivity index (χ1) is 12.6. The topological polar surface area (TPSA) is 47.6 Å². The van der Waals surface area contributed by atoms with Crippen LogP contribution in [0.1, 0.15) is 26.2 Å². The Kier molecular flexibility index (Phi) is 6.90. The van der Waals surface area contributed by atoms with Crippen molar-refractivity contribution < 1.29 is 4.79 Å². The molecule has 0 bridgehead atoms. The van der Waals surface area contributed by atoms with E-state index in [0.717, 1.165) is 57.2 Å². The first-order valence-corrected chi connectivity index (χ1v) is 10.3. The fourth-order valence-corrected chi connectivity index (χ4v) is 4.22. The van der Waals surface area contributed by atoms with E-state index in [1.807, 2.05) is 25.1 Å². The van der Waals surface area contributed by atoms with Gasteiger partial charge >= 0.3 is 6.03 Å². The normalized spacial score (nSPS) is 23.4. The zero-order valence-electron chi connectivity index (χ0n) is 15.3. The number of benzene rings is 1. The van der Waals surface area contributed by atoms with Crippen LogP contribution in [0.15, 0.2) is 18.2 Å². The third kappa shape index (κ3) is 4.96. The molecule has 0 radical (unpaired) electrons. The van der Waals surface area contributed by atoms with Crippen LogP contribution in [-0.4, -0.2) is 56.2 Å². The number of urea groups is 1. The fourth-order valence-electron chi connectivity index (χ4n) is 3.80. The fraction of sp³-hybridized carbons (Fsp3) is 0.632. The molecule has 1 saturated carbocycles. The predicted octanol–water partition coefficient (Wildman–Crippen LogP) is 3.60. The lowest BCUT2D eigenvalue weighted by molar-refractivity contribution is 0.169. The molecule has 1 heterocycles. The maximum absolute atomic E-state index is 11.5. The average molecular weight is 399 g/mol. The van der Waals surface area contributed by atoms with Crippen molar-refractivity contribution in [1.82, 2.24) is 15.5 Å². The minimum atomic E-state index is -0.0354. The van der Waals surface area contributed by atoms with Crippen LogP contribution in [0.5, 0.6) is 0 Å². The molecule has 2 N–H and O–H groups in total. The third-order valence-corrected chi connectivity index (χ3v) is 6.21. The van der Waals surface area contributed by atoms with Crippen LogP contribution in [-0.2, 0) is 0 Å². The van der Waals surface area contributed by atoms with Gasteiger partial charge < -0.3 is 15.5 Å². The van der Waals surface area contributed by atoms with Crippen LogP contribution in [0.2, 0.25) is 10.0 Å². The summed E-state index contributed by atoms with van der Waals surface area (Å²) in [6.45, 7) is 7.80. The van der Waals surface area contributed by atoms with Gasteiger partial charge in [0.05, 0.1) is 15.7 Å². The molecule has 1 aromatic carbocycles. The van der Waals surface area contributed by atoms with Gasteiger partial charge in [-0.1, -0.05) is 29.3 Å². The Labute approximate surface area is 166 Å². The molecule has 1 aliphatic carbocycles. The number of hydrogen-bond donors (Lipinski definition) is 2. The number of rotatable bonds is 6. The quantitative estimate of drug-likeness (QED) is 0.769. The van der Waals surface area contributed by atoms with Crippen LogP contribution < -0.4 is 15.5 Å². The average Bonchev–Trinajstić information content (AvgIpc) is 2.60. The number of anilines is 1. The first kappa shape index (κ1) is 19.6. The smallest absolute Gasteiger partial charge is 0.314 e. The lowest BCUT2D eigenvalue weighted by Crippen LogP contribution is -2.50. The summed E-state index contributed by atoms with van der Waals surface area (Å²) in [7, 11) is 0. The molecule has 3 rings (SSSR count). The maximum atomic E-state index is 11.5. The van der Waals surface area contributed by atoms with E-state index in [4.69, 9.17) is 23.2 Å². The summed E-state index contributed by atoms with van der Waals surface area (Å²) in [4.78, 5) is 16.3. The Morgan fingerprint density at radius 3 is 2.62 bits per heavy atom. The summed E-state index contributed by atoms with van der Waals surface area (Å²) in [5, 5.41) is 7.09. The van der Waals surface area contributed by atoms with Crippen molar-refractivity contribution in [2.45, 2.75) is 32.2 Å². The molecule has 2 aliphatic rings. The minimum absolute atomic E-state index is 0.0354. The molecular weight excluding hydrogens is 371 g/mol. The Hall–Kier alpha value is -1.17. The highest BCUT2D eigenvalue weighted by atomic mass is 35.5. The third-order valence-electron chi connectivity index (χ3n) is 5.41. The second kappa shape index (κ2) is 9.16. The molecule has 7 heteroatoms. The lowest BCUT2D eigenvalue weighted by Gasteiger charge is -2.39. The minimum Gasteiger partial charge on any atom is -0.368 e. The van der Waals surface area contributed by atoms with Crippen molar-refractivity contribution in [3.63, 3.8) is 0 Å². The van der Waals surface area contributed by atoms with Gasteiger partial charge in [0.1, 0.15) is 0 Å². The summed E-state index contributed by atoms with van der Waals surface area (Å²) in [5.74, 6) is 0.738. The molecule has 26 heavy (non-hydrogen) atoms. The van der Waals surface area contributed by atoms with E-state index >= 15 is 0 Å². The van der Waals surface area contributed by atoms with Crippen LogP contribution in [0.3, 0.4) is 0 Å². The lowest BCUT2D eigenvalue weighted by atomic mass is 9.78. The molecule has 2 fully saturated rings. The molecule has 1 aliphatic heterocycles. The number of nitrogens with one attached hydrogen (secondary N) is 2. The van der Waals surface area contributed by atoms with Gasteiger partial charge in [0.2, 0.25) is 0 Å². The van der Waals surface area contributed by atoms with Gasteiger partial charge in [-0.2, -0.15) is 0 Å². The maximum Gasteiger partial charge on any atom is 0.314 e. The zero-order chi connectivity index (χ0) is 18.5. The molecule has 0 unspecified atom stereocenters. The van der Waals surface area contributed by atoms with E-state index in [9.17, 15) is 4.79 Å². The molecule has 0 atom stereocenters. The predicted molar refractivity (Wildman–Crippen MR) is 108 cm³/mol. The van der Waals surface area contributed by atoms with Gasteiger partial charge in [-0.3, -0.25) is 4.90 Å². The van der Waals surface area contributed by atoms with E-state index in [0.29, 0.717) is 22.6 Å². The number of piperazine rings is 1. The Morgan fingerprint density at radius 2 is 1.92 bits per heavy atom. The van der Waals surface area contributed by atoms with Crippen molar-refractivity contribution in [3.8, 4) is 0 Å². The number of halogens is 2. The largest absolute Gasteiger partial charge is 0.368 e. The highest BCUT2D eigenvalue weighted by molar-refractivity contribution is 6.43. The second-order valence-electron chi connectivity index (χ2n) is 7.23. The Balaban J connectivity index is 1.34. The molecular formula is C19H28Cl2N4O. The van der Waals surface area contributed by atoms with Crippen molar-refractivity contribution in [2.24, 2.45) is 5.92 Å². The van der Waals surface area contributed by atoms with Gasteiger partial charge in [0.15, 0.2) is 0 Å². The summed E-state index contributed by atoms with van der Waals surface area (Å²) >= 11 is 12.5. The van der Waals surface area contributed by atoms with Crippen LogP contribution in [0.25, 0.3) is 0 Å². The Bertz CT molecular complexity index is 614. The van der Waals surface area contributed by atoms with Gasteiger partial charge in [0, 0.05) is 38.8 Å². The van der Waals surface area contributed by atoms with Crippen molar-refractivity contribution in [1.29, 1.82) is 0 Å². The van der Waals surface area contributed by atoms with Crippen molar-refractivity contribution >= 4 is 34.9 Å².